The molecule has 0 radical (unpaired) electrons. The van der Waals surface area contributed by atoms with Crippen LogP contribution in [-0.4, -0.2) is 4.37 Å². The lowest BCUT2D eigenvalue weighted by molar-refractivity contribution is -0.136. The second-order valence-electron chi connectivity index (χ2n) is 3.09. The average molecular weight is 235 g/mol. The molecule has 0 bridgehead atoms. The first-order valence-corrected chi connectivity index (χ1v) is 4.79. The van der Waals surface area contributed by atoms with Crippen LogP contribution >= 0.6 is 11.5 Å². The van der Waals surface area contributed by atoms with E-state index in [1.807, 2.05) is 0 Å². The second kappa shape index (κ2) is 3.16. The van der Waals surface area contributed by atoms with Gasteiger partial charge >= 0.3 is 6.18 Å². The Morgan fingerprint density at radius 2 is 1.93 bits per heavy atom. The number of halogens is 4. The van der Waals surface area contributed by atoms with Gasteiger partial charge in [0.25, 0.3) is 0 Å². The van der Waals surface area contributed by atoms with Crippen LogP contribution in [0.5, 0.6) is 0 Å². The van der Waals surface area contributed by atoms with Gasteiger partial charge in [-0.25, -0.2) is 4.39 Å². The number of aryl methyl sites for hydroxylation is 1. The highest BCUT2D eigenvalue weighted by atomic mass is 32.1. The molecule has 0 fully saturated rings. The van der Waals surface area contributed by atoms with Crippen LogP contribution < -0.4 is 0 Å². The van der Waals surface area contributed by atoms with Gasteiger partial charge in [-0.2, -0.15) is 17.5 Å². The van der Waals surface area contributed by atoms with Crippen LogP contribution in [0.3, 0.4) is 0 Å². The van der Waals surface area contributed by atoms with Crippen molar-refractivity contribution in [2.75, 3.05) is 0 Å². The quantitative estimate of drug-likeness (QED) is 0.633. The van der Waals surface area contributed by atoms with E-state index in [4.69, 9.17) is 0 Å². The van der Waals surface area contributed by atoms with Crippen molar-refractivity contribution >= 4 is 22.4 Å². The summed E-state index contributed by atoms with van der Waals surface area (Å²) in [5.41, 5.74) is -1.19. The summed E-state index contributed by atoms with van der Waals surface area (Å²) in [6.45, 7) is 1.61. The van der Waals surface area contributed by atoms with E-state index >= 15 is 0 Å². The van der Waals surface area contributed by atoms with Gasteiger partial charge in [0.2, 0.25) is 0 Å². The van der Waals surface area contributed by atoms with E-state index in [1.54, 1.807) is 6.92 Å². The molecule has 80 valence electrons. The molecule has 15 heavy (non-hydrogen) atoms. The fraction of sp³-hybridized carbons (Fsp3) is 0.222. The van der Waals surface area contributed by atoms with Crippen molar-refractivity contribution in [2.24, 2.45) is 0 Å². The van der Waals surface area contributed by atoms with Crippen molar-refractivity contribution < 1.29 is 17.6 Å². The van der Waals surface area contributed by atoms with Gasteiger partial charge in [-0.3, -0.25) is 0 Å². The van der Waals surface area contributed by atoms with E-state index in [0.717, 1.165) is 17.6 Å². The molecular weight excluding hydrogens is 230 g/mol. The van der Waals surface area contributed by atoms with E-state index in [2.05, 4.69) is 4.37 Å². The number of benzene rings is 1. The molecular formula is C9H5F4NS. The number of nitrogens with zero attached hydrogens (tertiary/aromatic N) is 1. The maximum Gasteiger partial charge on any atom is 0.418 e. The standard InChI is InChI=1S/C9H5F4NS/c1-4-6-2-5(10)3-7(9(11,12)13)8(6)14-15-4/h2-3H,1H3. The maximum atomic E-state index is 13.0. The lowest BCUT2D eigenvalue weighted by atomic mass is 10.1. The monoisotopic (exact) mass is 235 g/mol. The van der Waals surface area contributed by atoms with Crippen molar-refractivity contribution in [3.8, 4) is 0 Å². The minimum absolute atomic E-state index is 0.175. The first-order valence-electron chi connectivity index (χ1n) is 4.02. The topological polar surface area (TPSA) is 12.9 Å². The fourth-order valence-corrected chi connectivity index (χ4v) is 2.02. The molecule has 0 atom stereocenters. The minimum atomic E-state index is -4.57. The molecule has 1 heterocycles. The smallest absolute Gasteiger partial charge is 0.207 e. The normalized spacial score (nSPS) is 12.3. The third-order valence-electron chi connectivity index (χ3n) is 2.03. The highest BCUT2D eigenvalue weighted by Gasteiger charge is 2.34. The summed E-state index contributed by atoms with van der Waals surface area (Å²) >= 11 is 0.940. The van der Waals surface area contributed by atoms with E-state index in [9.17, 15) is 17.6 Å². The van der Waals surface area contributed by atoms with Crippen molar-refractivity contribution in [3.63, 3.8) is 0 Å². The molecule has 6 heteroatoms. The van der Waals surface area contributed by atoms with E-state index in [-0.39, 0.29) is 10.9 Å². The zero-order valence-electron chi connectivity index (χ0n) is 7.52. The minimum Gasteiger partial charge on any atom is -0.207 e. The van der Waals surface area contributed by atoms with E-state index < -0.39 is 17.6 Å². The van der Waals surface area contributed by atoms with Crippen LogP contribution in [0, 0.1) is 12.7 Å². The van der Waals surface area contributed by atoms with E-state index in [0.29, 0.717) is 10.9 Å². The van der Waals surface area contributed by atoms with Gasteiger partial charge in [0, 0.05) is 10.3 Å². The predicted molar refractivity (Wildman–Crippen MR) is 49.3 cm³/mol. The van der Waals surface area contributed by atoms with Crippen LogP contribution in [0.1, 0.15) is 10.4 Å². The molecule has 1 nitrogen and oxygen atoms in total. The van der Waals surface area contributed by atoms with Crippen LogP contribution in [0.25, 0.3) is 10.9 Å². The van der Waals surface area contributed by atoms with Gasteiger partial charge in [-0.1, -0.05) is 0 Å². The van der Waals surface area contributed by atoms with Crippen molar-refractivity contribution in [1.29, 1.82) is 0 Å². The molecule has 0 aliphatic carbocycles. The Morgan fingerprint density at radius 1 is 1.27 bits per heavy atom. The Kier molecular flexibility index (Phi) is 2.18. The Hall–Kier alpha value is -1.17. The van der Waals surface area contributed by atoms with Crippen molar-refractivity contribution in [1.82, 2.24) is 4.37 Å². The molecule has 0 aliphatic heterocycles. The number of aromatic nitrogens is 1. The fourth-order valence-electron chi connectivity index (χ4n) is 1.35. The van der Waals surface area contributed by atoms with Gasteiger partial charge in [-0.15, -0.1) is 0 Å². The maximum absolute atomic E-state index is 13.0. The van der Waals surface area contributed by atoms with Gasteiger partial charge in [-0.05, 0) is 30.6 Å². The van der Waals surface area contributed by atoms with Crippen LogP contribution in [0.2, 0.25) is 0 Å². The third-order valence-corrected chi connectivity index (χ3v) is 2.80. The van der Waals surface area contributed by atoms with Gasteiger partial charge in [0.05, 0.1) is 11.1 Å². The molecule has 0 amide bonds. The SMILES string of the molecule is Cc1snc2c(C(F)(F)F)cc(F)cc12. The number of rotatable bonds is 0. The van der Waals surface area contributed by atoms with Gasteiger partial charge in [0.1, 0.15) is 5.82 Å². The largest absolute Gasteiger partial charge is 0.418 e. The third kappa shape index (κ3) is 1.69. The van der Waals surface area contributed by atoms with E-state index in [1.165, 1.54) is 0 Å². The molecule has 0 N–H and O–H groups in total. The van der Waals surface area contributed by atoms with Crippen molar-refractivity contribution in [3.05, 3.63) is 28.4 Å². The summed E-state index contributed by atoms with van der Waals surface area (Å²) in [6, 6.07) is 1.55. The second-order valence-corrected chi connectivity index (χ2v) is 4.06. The molecule has 1 aromatic heterocycles. The molecule has 0 saturated heterocycles. The number of hydrogen-bond donors (Lipinski definition) is 0. The molecule has 0 spiro atoms. The molecule has 0 unspecified atom stereocenters. The van der Waals surface area contributed by atoms with Crippen LogP contribution in [0.4, 0.5) is 17.6 Å². The van der Waals surface area contributed by atoms with Crippen LogP contribution in [0.15, 0.2) is 12.1 Å². The lowest BCUT2D eigenvalue weighted by Gasteiger charge is -2.07. The summed E-state index contributed by atoms with van der Waals surface area (Å²) in [5, 5.41) is 0.229. The lowest BCUT2D eigenvalue weighted by Crippen LogP contribution is -2.06. The van der Waals surface area contributed by atoms with Crippen LogP contribution in [-0.2, 0) is 6.18 Å². The predicted octanol–water partition coefficient (Wildman–Crippen LogP) is 3.76. The molecule has 2 aromatic rings. The zero-order chi connectivity index (χ0) is 11.2. The summed E-state index contributed by atoms with van der Waals surface area (Å²) < 4.78 is 54.2. The summed E-state index contributed by atoms with van der Waals surface area (Å²) in [4.78, 5) is 0.579. The summed E-state index contributed by atoms with van der Waals surface area (Å²) in [5.74, 6) is -0.891. The molecule has 0 aliphatic rings. The number of alkyl halides is 3. The first kappa shape index (κ1) is 10.4. The Labute approximate surface area is 86.5 Å². The molecule has 0 saturated carbocycles. The first-order chi connectivity index (χ1) is 6.89. The Bertz CT molecular complexity index is 515. The highest BCUT2D eigenvalue weighted by Crippen LogP contribution is 2.36. The van der Waals surface area contributed by atoms with Crippen molar-refractivity contribution in [2.45, 2.75) is 13.1 Å². The molecule has 1 aromatic carbocycles. The number of fused-ring (bicyclic) bond motifs is 1. The highest BCUT2D eigenvalue weighted by molar-refractivity contribution is 7.07. The van der Waals surface area contributed by atoms with Gasteiger partial charge < -0.3 is 0 Å². The van der Waals surface area contributed by atoms with Gasteiger partial charge in [0.15, 0.2) is 0 Å². The zero-order valence-corrected chi connectivity index (χ0v) is 8.34. The average Bonchev–Trinajstić information content (AvgIpc) is 2.45. The Morgan fingerprint density at radius 3 is 2.53 bits per heavy atom. The number of hydrogen-bond acceptors (Lipinski definition) is 2. The molecule has 2 rings (SSSR count). The summed E-state index contributed by atoms with van der Waals surface area (Å²) in [6.07, 6.45) is -4.57. The summed E-state index contributed by atoms with van der Waals surface area (Å²) in [7, 11) is 0. The Balaban J connectivity index is 2.84.